The normalized spacial score (nSPS) is 7.13. The number of hydrogen-bond donors (Lipinski definition) is 0. The zero-order valence-electron chi connectivity index (χ0n) is 9.33. The molecule has 0 fully saturated rings. The van der Waals surface area contributed by atoms with Crippen molar-refractivity contribution in [3.05, 3.63) is 24.8 Å². The largest absolute Gasteiger partial charge is 0.466 e. The second kappa shape index (κ2) is 13.1. The van der Waals surface area contributed by atoms with Crippen LogP contribution in [0.1, 0.15) is 13.8 Å². The Balaban J connectivity index is -0.000000180. The van der Waals surface area contributed by atoms with E-state index in [1.807, 2.05) is 0 Å². The van der Waals surface area contributed by atoms with Crippen molar-refractivity contribution >= 4 is 11.9 Å². The van der Waals surface area contributed by atoms with Gasteiger partial charge in [-0.2, -0.15) is 0 Å². The van der Waals surface area contributed by atoms with Crippen molar-refractivity contribution in [1.82, 2.24) is 0 Å². The Hall–Kier alpha value is -0.866. The minimum absolute atomic E-state index is 0. The van der Waals surface area contributed by atoms with Crippen LogP contribution in [-0.2, 0) is 40.8 Å². The maximum atomic E-state index is 10.2. The monoisotopic (exact) mass is 248 g/mol. The topological polar surface area (TPSA) is 52.6 Å². The summed E-state index contributed by atoms with van der Waals surface area (Å²) in [4.78, 5) is 20.3. The minimum atomic E-state index is -0.359. The Labute approximate surface area is 105 Å². The van der Waals surface area contributed by atoms with Gasteiger partial charge in [0, 0.05) is 33.4 Å². The third-order valence-electron chi connectivity index (χ3n) is 0.987. The molecule has 0 heterocycles. The summed E-state index contributed by atoms with van der Waals surface area (Å²) in [6.07, 6.45) is 1.14. The standard InChI is InChI=1S/2C5H8O2.Ti/c1-4(2)5(6)7-3;1-3-5(6)7-4-2;/h1H2,2-3H3;3H,1,4H2,2H3;. The van der Waals surface area contributed by atoms with Gasteiger partial charge in [0.2, 0.25) is 0 Å². The first-order valence-corrected chi connectivity index (χ1v) is 4.02. The average molecular weight is 248 g/mol. The van der Waals surface area contributed by atoms with Crippen molar-refractivity contribution in [2.24, 2.45) is 0 Å². The summed E-state index contributed by atoms with van der Waals surface area (Å²) in [7, 11) is 1.33. The molecule has 0 atom stereocenters. The van der Waals surface area contributed by atoms with Crippen LogP contribution >= 0.6 is 0 Å². The van der Waals surface area contributed by atoms with Crippen LogP contribution in [0.4, 0.5) is 0 Å². The Morgan fingerprint density at radius 3 is 1.93 bits per heavy atom. The number of rotatable bonds is 3. The predicted molar refractivity (Wildman–Crippen MR) is 53.7 cm³/mol. The van der Waals surface area contributed by atoms with Gasteiger partial charge in [-0.25, -0.2) is 9.59 Å². The number of carbonyl (C=O) groups excluding carboxylic acids is 2. The molecule has 0 spiro atoms. The summed E-state index contributed by atoms with van der Waals surface area (Å²) in [5, 5.41) is 0. The second-order valence-electron chi connectivity index (χ2n) is 2.23. The Kier molecular flexibility index (Phi) is 17.2. The number of hydrogen-bond acceptors (Lipinski definition) is 4. The fourth-order valence-corrected chi connectivity index (χ4v) is 0.375. The summed E-state index contributed by atoms with van der Waals surface area (Å²) < 4.78 is 8.71. The third-order valence-corrected chi connectivity index (χ3v) is 0.987. The van der Waals surface area contributed by atoms with Crippen LogP contribution in [0.2, 0.25) is 0 Å². The Morgan fingerprint density at radius 2 is 1.87 bits per heavy atom. The van der Waals surface area contributed by atoms with E-state index in [1.165, 1.54) is 7.11 Å². The van der Waals surface area contributed by atoms with Gasteiger partial charge < -0.3 is 9.47 Å². The molecule has 15 heavy (non-hydrogen) atoms. The fourth-order valence-electron chi connectivity index (χ4n) is 0.375. The van der Waals surface area contributed by atoms with Gasteiger partial charge in [0.05, 0.1) is 13.7 Å². The Morgan fingerprint density at radius 1 is 1.40 bits per heavy atom. The molecule has 0 aliphatic carbocycles. The first kappa shape index (κ1) is 19.7. The van der Waals surface area contributed by atoms with Crippen LogP contribution in [-0.4, -0.2) is 25.7 Å². The summed E-state index contributed by atoms with van der Waals surface area (Å²) in [6, 6.07) is 0. The summed E-state index contributed by atoms with van der Waals surface area (Å²) >= 11 is 0. The Bertz CT molecular complexity index is 221. The van der Waals surface area contributed by atoms with Crippen LogP contribution in [0.25, 0.3) is 0 Å². The molecule has 0 aromatic rings. The van der Waals surface area contributed by atoms with E-state index in [2.05, 4.69) is 22.6 Å². The van der Waals surface area contributed by atoms with E-state index in [0.717, 1.165) is 6.08 Å². The molecule has 0 aromatic carbocycles. The molecule has 0 aliphatic rings. The fraction of sp³-hybridized carbons (Fsp3) is 0.400. The maximum absolute atomic E-state index is 10.2. The molecule has 0 rings (SSSR count). The van der Waals surface area contributed by atoms with Crippen LogP contribution in [0.15, 0.2) is 24.8 Å². The van der Waals surface area contributed by atoms with Gasteiger partial charge in [0.25, 0.3) is 0 Å². The number of esters is 2. The van der Waals surface area contributed by atoms with Gasteiger partial charge in [0.1, 0.15) is 0 Å². The maximum Gasteiger partial charge on any atom is 0.332 e. The molecule has 0 aromatic heterocycles. The summed E-state index contributed by atoms with van der Waals surface area (Å²) in [5.41, 5.74) is 0.433. The van der Waals surface area contributed by atoms with Crippen molar-refractivity contribution in [2.75, 3.05) is 13.7 Å². The van der Waals surface area contributed by atoms with E-state index < -0.39 is 0 Å². The van der Waals surface area contributed by atoms with E-state index in [1.54, 1.807) is 13.8 Å². The first-order chi connectivity index (χ1) is 6.49. The van der Waals surface area contributed by atoms with Gasteiger partial charge in [-0.3, -0.25) is 0 Å². The van der Waals surface area contributed by atoms with Gasteiger partial charge in [-0.1, -0.05) is 13.2 Å². The van der Waals surface area contributed by atoms with Crippen molar-refractivity contribution in [1.29, 1.82) is 0 Å². The third kappa shape index (κ3) is 15.9. The molecule has 5 heteroatoms. The van der Waals surface area contributed by atoms with Gasteiger partial charge in [-0.05, 0) is 13.8 Å². The molecule has 0 N–H and O–H groups in total. The molecular weight excluding hydrogens is 232 g/mol. The minimum Gasteiger partial charge on any atom is -0.466 e. The second-order valence-corrected chi connectivity index (χ2v) is 2.23. The molecule has 84 valence electrons. The van der Waals surface area contributed by atoms with Gasteiger partial charge in [-0.15, -0.1) is 0 Å². The average Bonchev–Trinajstić information content (AvgIpc) is 2.17. The van der Waals surface area contributed by atoms with Gasteiger partial charge in [0.15, 0.2) is 0 Å². The van der Waals surface area contributed by atoms with E-state index in [-0.39, 0.29) is 33.7 Å². The first-order valence-electron chi connectivity index (χ1n) is 4.02. The molecule has 0 aliphatic heterocycles. The van der Waals surface area contributed by atoms with Crippen LogP contribution in [0, 0.1) is 0 Å². The van der Waals surface area contributed by atoms with Crippen LogP contribution in [0.3, 0.4) is 0 Å². The van der Waals surface area contributed by atoms with E-state index in [0.29, 0.717) is 12.2 Å². The molecule has 0 bridgehead atoms. The molecule has 0 radical (unpaired) electrons. The molecule has 4 nitrogen and oxygen atoms in total. The molecular formula is C10H16O4Ti. The smallest absolute Gasteiger partial charge is 0.332 e. The molecule has 0 amide bonds. The van der Waals surface area contributed by atoms with Gasteiger partial charge >= 0.3 is 11.9 Å². The number of methoxy groups -OCH3 is 1. The van der Waals surface area contributed by atoms with Crippen molar-refractivity contribution in [3.63, 3.8) is 0 Å². The number of ether oxygens (including phenoxy) is 2. The zero-order chi connectivity index (χ0) is 11.6. The van der Waals surface area contributed by atoms with Crippen molar-refractivity contribution in [2.45, 2.75) is 13.8 Å². The molecule has 0 saturated heterocycles. The van der Waals surface area contributed by atoms with Crippen molar-refractivity contribution in [3.8, 4) is 0 Å². The predicted octanol–water partition coefficient (Wildman–Crippen LogP) is 1.47. The van der Waals surface area contributed by atoms with Crippen LogP contribution in [0.5, 0.6) is 0 Å². The van der Waals surface area contributed by atoms with E-state index in [9.17, 15) is 9.59 Å². The quantitative estimate of drug-likeness (QED) is 0.431. The van der Waals surface area contributed by atoms with E-state index in [4.69, 9.17) is 0 Å². The van der Waals surface area contributed by atoms with Crippen LogP contribution < -0.4 is 0 Å². The molecule has 0 unspecified atom stereocenters. The molecule has 0 saturated carbocycles. The zero-order valence-corrected chi connectivity index (χ0v) is 10.9. The number of carbonyl (C=O) groups is 2. The SMILES string of the molecule is C=C(C)C(=O)OC.C=CC(=O)OCC.[Ti]. The van der Waals surface area contributed by atoms with E-state index >= 15 is 0 Å². The summed E-state index contributed by atoms with van der Waals surface area (Å²) in [5.74, 6) is -0.706. The summed E-state index contributed by atoms with van der Waals surface area (Å²) in [6.45, 7) is 10.3. The van der Waals surface area contributed by atoms with Crippen molar-refractivity contribution < 1.29 is 40.8 Å².